The molecule has 0 aliphatic heterocycles. The first-order valence-electron chi connectivity index (χ1n) is 9.03. The van der Waals surface area contributed by atoms with Crippen LogP contribution in [0.1, 0.15) is 75.8 Å². The molecule has 1 aliphatic rings. The predicted molar refractivity (Wildman–Crippen MR) is 92.9 cm³/mol. The number of unbranched alkanes of at least 4 members (excludes halogenated alkanes) is 1. The summed E-state index contributed by atoms with van der Waals surface area (Å²) in [6.45, 7) is 8.11. The highest BCUT2D eigenvalue weighted by molar-refractivity contribution is 5.29. The Hall–Kier alpha value is -0.820. The average molecular weight is 287 g/mol. The molecule has 2 unspecified atom stereocenters. The van der Waals surface area contributed by atoms with E-state index in [9.17, 15) is 0 Å². The van der Waals surface area contributed by atoms with Crippen molar-refractivity contribution in [2.24, 2.45) is 5.92 Å². The van der Waals surface area contributed by atoms with Gasteiger partial charge in [-0.3, -0.25) is 0 Å². The quantitative estimate of drug-likeness (QED) is 0.604. The minimum Gasteiger partial charge on any atom is -0.313 e. The van der Waals surface area contributed by atoms with Gasteiger partial charge in [-0.15, -0.1) is 0 Å². The van der Waals surface area contributed by atoms with Crippen molar-refractivity contribution in [2.45, 2.75) is 77.7 Å². The summed E-state index contributed by atoms with van der Waals surface area (Å²) in [6.07, 6.45) is 9.55. The van der Waals surface area contributed by atoms with E-state index in [2.05, 4.69) is 50.4 Å². The van der Waals surface area contributed by atoms with Gasteiger partial charge in [0, 0.05) is 12.6 Å². The van der Waals surface area contributed by atoms with Gasteiger partial charge in [0.15, 0.2) is 0 Å². The second kappa shape index (κ2) is 8.58. The van der Waals surface area contributed by atoms with Crippen LogP contribution in [-0.2, 0) is 0 Å². The summed E-state index contributed by atoms with van der Waals surface area (Å²) in [6, 6.07) is 9.80. The van der Waals surface area contributed by atoms with Crippen LogP contribution < -0.4 is 5.32 Å². The van der Waals surface area contributed by atoms with Gasteiger partial charge in [-0.1, -0.05) is 63.8 Å². The number of nitrogens with one attached hydrogen (secondary N) is 1. The monoisotopic (exact) mass is 287 g/mol. The standard InChI is InChI=1S/C20H33N/c1-4-6-10-17(5-2)14-18(15-21-19-12-13-19)20-11-8-7-9-16(20)3/h7-9,11,17-19,21H,4-6,10,12-15H2,1-3H3. The molecule has 1 saturated carbocycles. The molecular weight excluding hydrogens is 254 g/mol. The smallest absolute Gasteiger partial charge is 0.00684 e. The van der Waals surface area contributed by atoms with Gasteiger partial charge in [0.05, 0.1) is 0 Å². The van der Waals surface area contributed by atoms with Crippen molar-refractivity contribution >= 4 is 0 Å². The average Bonchev–Trinajstić information content (AvgIpc) is 3.32. The molecule has 1 aliphatic carbocycles. The fraction of sp³-hybridized carbons (Fsp3) is 0.700. The van der Waals surface area contributed by atoms with E-state index < -0.39 is 0 Å². The lowest BCUT2D eigenvalue weighted by molar-refractivity contribution is 0.375. The van der Waals surface area contributed by atoms with Gasteiger partial charge in [0.2, 0.25) is 0 Å². The van der Waals surface area contributed by atoms with Crippen LogP contribution in [0.15, 0.2) is 24.3 Å². The van der Waals surface area contributed by atoms with Crippen LogP contribution in [-0.4, -0.2) is 12.6 Å². The van der Waals surface area contributed by atoms with E-state index in [4.69, 9.17) is 0 Å². The Kier molecular flexibility index (Phi) is 6.76. The molecule has 0 bridgehead atoms. The lowest BCUT2D eigenvalue weighted by Crippen LogP contribution is -2.25. The number of rotatable bonds is 10. The second-order valence-electron chi connectivity index (χ2n) is 6.89. The van der Waals surface area contributed by atoms with Crippen molar-refractivity contribution in [1.82, 2.24) is 5.32 Å². The van der Waals surface area contributed by atoms with Crippen LogP contribution in [0.25, 0.3) is 0 Å². The second-order valence-corrected chi connectivity index (χ2v) is 6.89. The Morgan fingerprint density at radius 3 is 2.57 bits per heavy atom. The van der Waals surface area contributed by atoms with E-state index in [-0.39, 0.29) is 0 Å². The van der Waals surface area contributed by atoms with Gasteiger partial charge >= 0.3 is 0 Å². The highest BCUT2D eigenvalue weighted by Crippen LogP contribution is 2.31. The molecule has 2 atom stereocenters. The molecule has 0 saturated heterocycles. The lowest BCUT2D eigenvalue weighted by atomic mass is 9.83. The number of hydrogen-bond donors (Lipinski definition) is 1. The van der Waals surface area contributed by atoms with E-state index in [1.807, 2.05) is 0 Å². The Morgan fingerprint density at radius 1 is 1.19 bits per heavy atom. The highest BCUT2D eigenvalue weighted by atomic mass is 14.9. The van der Waals surface area contributed by atoms with Crippen LogP contribution in [0.2, 0.25) is 0 Å². The number of benzene rings is 1. The molecule has 118 valence electrons. The molecule has 0 radical (unpaired) electrons. The largest absolute Gasteiger partial charge is 0.313 e. The zero-order valence-corrected chi connectivity index (χ0v) is 14.2. The van der Waals surface area contributed by atoms with E-state index in [0.29, 0.717) is 5.92 Å². The zero-order chi connectivity index (χ0) is 15.1. The molecule has 21 heavy (non-hydrogen) atoms. The minimum atomic E-state index is 0.689. The van der Waals surface area contributed by atoms with Crippen LogP contribution in [0.4, 0.5) is 0 Å². The first kappa shape index (κ1) is 16.5. The number of hydrogen-bond acceptors (Lipinski definition) is 1. The predicted octanol–water partition coefficient (Wildman–Crippen LogP) is 5.44. The van der Waals surface area contributed by atoms with Crippen LogP contribution >= 0.6 is 0 Å². The van der Waals surface area contributed by atoms with E-state index in [1.165, 1.54) is 50.5 Å². The topological polar surface area (TPSA) is 12.0 Å². The fourth-order valence-corrected chi connectivity index (χ4v) is 3.35. The van der Waals surface area contributed by atoms with E-state index in [1.54, 1.807) is 5.56 Å². The maximum atomic E-state index is 3.77. The molecule has 1 heteroatoms. The molecule has 2 rings (SSSR count). The summed E-state index contributed by atoms with van der Waals surface area (Å²) in [5, 5.41) is 3.77. The van der Waals surface area contributed by atoms with Gasteiger partial charge in [-0.25, -0.2) is 0 Å². The third-order valence-corrected chi connectivity index (χ3v) is 5.02. The van der Waals surface area contributed by atoms with Crippen molar-refractivity contribution < 1.29 is 0 Å². The molecule has 0 amide bonds. The maximum absolute atomic E-state index is 3.77. The first-order valence-corrected chi connectivity index (χ1v) is 9.03. The first-order chi connectivity index (χ1) is 10.2. The summed E-state index contributed by atoms with van der Waals surface area (Å²) < 4.78 is 0. The Balaban J connectivity index is 2.01. The van der Waals surface area contributed by atoms with E-state index >= 15 is 0 Å². The third-order valence-electron chi connectivity index (χ3n) is 5.02. The molecule has 0 spiro atoms. The van der Waals surface area contributed by atoms with Gasteiger partial charge in [0.1, 0.15) is 0 Å². The number of aryl methyl sites for hydroxylation is 1. The van der Waals surface area contributed by atoms with Crippen molar-refractivity contribution in [2.75, 3.05) is 6.54 Å². The Bertz CT molecular complexity index is 408. The molecule has 1 N–H and O–H groups in total. The molecule has 1 nitrogen and oxygen atoms in total. The molecule has 1 aromatic carbocycles. The molecular formula is C20H33N. The van der Waals surface area contributed by atoms with Crippen molar-refractivity contribution in [3.63, 3.8) is 0 Å². The normalized spacial score (nSPS) is 17.7. The molecule has 0 heterocycles. The van der Waals surface area contributed by atoms with Gasteiger partial charge in [-0.05, 0) is 49.1 Å². The molecule has 0 aromatic heterocycles. The van der Waals surface area contributed by atoms with Crippen molar-refractivity contribution in [3.05, 3.63) is 35.4 Å². The summed E-state index contributed by atoms with van der Waals surface area (Å²) in [5.41, 5.74) is 3.03. The van der Waals surface area contributed by atoms with Gasteiger partial charge in [-0.2, -0.15) is 0 Å². The Labute approximate surface area is 131 Å². The van der Waals surface area contributed by atoms with Gasteiger partial charge in [0.25, 0.3) is 0 Å². The SMILES string of the molecule is CCCCC(CC)CC(CNC1CC1)c1ccccc1C. The summed E-state index contributed by atoms with van der Waals surface area (Å²) in [7, 11) is 0. The van der Waals surface area contributed by atoms with Crippen LogP contribution in [0.5, 0.6) is 0 Å². The summed E-state index contributed by atoms with van der Waals surface area (Å²) >= 11 is 0. The van der Waals surface area contributed by atoms with Crippen LogP contribution in [0.3, 0.4) is 0 Å². The van der Waals surface area contributed by atoms with E-state index in [0.717, 1.165) is 18.5 Å². The zero-order valence-electron chi connectivity index (χ0n) is 14.2. The van der Waals surface area contributed by atoms with Crippen molar-refractivity contribution in [3.8, 4) is 0 Å². The highest BCUT2D eigenvalue weighted by Gasteiger charge is 2.24. The summed E-state index contributed by atoms with van der Waals surface area (Å²) in [4.78, 5) is 0. The molecule has 1 aromatic rings. The fourth-order valence-electron chi connectivity index (χ4n) is 3.35. The van der Waals surface area contributed by atoms with Gasteiger partial charge < -0.3 is 5.32 Å². The van der Waals surface area contributed by atoms with Crippen LogP contribution in [0, 0.1) is 12.8 Å². The molecule has 1 fully saturated rings. The van der Waals surface area contributed by atoms with Crippen molar-refractivity contribution in [1.29, 1.82) is 0 Å². The lowest BCUT2D eigenvalue weighted by Gasteiger charge is -2.25. The Morgan fingerprint density at radius 2 is 1.95 bits per heavy atom. The third kappa shape index (κ3) is 5.47. The minimum absolute atomic E-state index is 0.689. The summed E-state index contributed by atoms with van der Waals surface area (Å²) in [5.74, 6) is 1.57. The maximum Gasteiger partial charge on any atom is 0.00684 e.